The number of likely N-dealkylation sites (N-methyl/N-ethyl adjacent to an activating group) is 1. The number of nitrogens with one attached hydrogen (secondary N) is 1. The highest BCUT2D eigenvalue weighted by molar-refractivity contribution is 5.83. The molecule has 4 aliphatic rings. The molecular weight excluding hydrogens is 344 g/mol. The average Bonchev–Trinajstić information content (AvgIpc) is 3.30. The van der Waals surface area contributed by atoms with Crippen molar-refractivity contribution in [2.75, 3.05) is 26.3 Å². The van der Waals surface area contributed by atoms with Crippen molar-refractivity contribution in [1.82, 2.24) is 10.2 Å². The molecule has 6 heteroatoms. The van der Waals surface area contributed by atoms with E-state index in [9.17, 15) is 9.59 Å². The number of amides is 2. The highest BCUT2D eigenvalue weighted by Crippen LogP contribution is 2.60. The predicted molar refractivity (Wildman–Crippen MR) is 101 cm³/mol. The van der Waals surface area contributed by atoms with Crippen LogP contribution in [-0.4, -0.2) is 61.3 Å². The quantitative estimate of drug-likeness (QED) is 0.735. The van der Waals surface area contributed by atoms with Crippen LogP contribution in [0.2, 0.25) is 0 Å². The van der Waals surface area contributed by atoms with Gasteiger partial charge >= 0.3 is 0 Å². The first kappa shape index (κ1) is 19.2. The van der Waals surface area contributed by atoms with Crippen LogP contribution < -0.4 is 5.32 Å². The molecular formula is C21H34N2O4. The van der Waals surface area contributed by atoms with Gasteiger partial charge in [-0.2, -0.15) is 0 Å². The fourth-order valence-electron chi connectivity index (χ4n) is 5.63. The molecule has 3 saturated heterocycles. The minimum Gasteiger partial charge on any atom is -0.381 e. The Labute approximate surface area is 162 Å². The van der Waals surface area contributed by atoms with E-state index < -0.39 is 0 Å². The van der Waals surface area contributed by atoms with Crippen LogP contribution in [0.3, 0.4) is 0 Å². The predicted octanol–water partition coefficient (Wildman–Crippen LogP) is 1.97. The van der Waals surface area contributed by atoms with Gasteiger partial charge in [0.05, 0.1) is 23.5 Å². The summed E-state index contributed by atoms with van der Waals surface area (Å²) in [7, 11) is 0. The lowest BCUT2D eigenvalue weighted by Crippen LogP contribution is -2.51. The van der Waals surface area contributed by atoms with Gasteiger partial charge in [0.25, 0.3) is 0 Å². The minimum atomic E-state index is -0.307. The van der Waals surface area contributed by atoms with Gasteiger partial charge in [0.15, 0.2) is 0 Å². The number of carbonyl (C=O) groups excluding carboxylic acids is 2. The maximum atomic E-state index is 13.2. The standard InChI is InChI=1S/C21H34N2O4/c1-4-21(6-8-26-9-7-21)20(25)22-12-13(3)23(5-2)19(24)16-11-17-14-10-15(14)18(16)27-17/h13-18H,4-12H2,1-3H3,(H,22,25)/t13-,14-,15+,16-,17+,18+/m1/s1. The van der Waals surface area contributed by atoms with Gasteiger partial charge in [-0.15, -0.1) is 0 Å². The zero-order chi connectivity index (χ0) is 19.2. The third-order valence-electron chi connectivity index (χ3n) is 7.64. The molecule has 0 spiro atoms. The molecule has 3 aliphatic heterocycles. The van der Waals surface area contributed by atoms with E-state index in [2.05, 4.69) is 12.2 Å². The summed E-state index contributed by atoms with van der Waals surface area (Å²) in [4.78, 5) is 27.9. The molecule has 152 valence electrons. The second-order valence-electron chi connectivity index (χ2n) is 8.97. The summed E-state index contributed by atoms with van der Waals surface area (Å²) < 4.78 is 11.5. The molecule has 1 N–H and O–H groups in total. The normalized spacial score (nSPS) is 36.8. The van der Waals surface area contributed by atoms with Crippen LogP contribution in [0, 0.1) is 23.2 Å². The molecule has 2 bridgehead atoms. The molecule has 0 radical (unpaired) electrons. The fraction of sp³-hybridized carbons (Fsp3) is 0.905. The third kappa shape index (κ3) is 3.29. The van der Waals surface area contributed by atoms with Gasteiger partial charge in [-0.05, 0) is 57.8 Å². The van der Waals surface area contributed by atoms with E-state index >= 15 is 0 Å². The Morgan fingerprint density at radius 1 is 1.19 bits per heavy atom. The average molecular weight is 379 g/mol. The van der Waals surface area contributed by atoms with Crippen molar-refractivity contribution in [3.63, 3.8) is 0 Å². The molecule has 0 aromatic rings. The van der Waals surface area contributed by atoms with Gasteiger partial charge in [-0.3, -0.25) is 9.59 Å². The van der Waals surface area contributed by atoms with E-state index in [4.69, 9.17) is 9.47 Å². The molecule has 6 atom stereocenters. The SMILES string of the molecule is CCN(C(=O)[C@@H]1C[C@@H]2O[C@H]1[C@H]1C[C@H]12)[C@H](C)CNC(=O)C1(CC)CCOCC1. The molecule has 1 saturated carbocycles. The van der Waals surface area contributed by atoms with Crippen LogP contribution in [0.5, 0.6) is 0 Å². The molecule has 1 aliphatic carbocycles. The molecule has 4 rings (SSSR count). The van der Waals surface area contributed by atoms with Crippen LogP contribution >= 0.6 is 0 Å². The molecule has 0 unspecified atom stereocenters. The first-order valence-corrected chi connectivity index (χ1v) is 10.8. The Morgan fingerprint density at radius 2 is 1.93 bits per heavy atom. The van der Waals surface area contributed by atoms with E-state index in [1.807, 2.05) is 18.7 Å². The maximum Gasteiger partial charge on any atom is 0.228 e. The summed E-state index contributed by atoms with van der Waals surface area (Å²) in [5.41, 5.74) is -0.307. The number of rotatable bonds is 7. The molecule has 4 fully saturated rings. The topological polar surface area (TPSA) is 67.9 Å². The Morgan fingerprint density at radius 3 is 2.52 bits per heavy atom. The van der Waals surface area contributed by atoms with Gasteiger partial charge in [0, 0.05) is 32.3 Å². The zero-order valence-corrected chi connectivity index (χ0v) is 16.9. The lowest BCUT2D eigenvalue weighted by Gasteiger charge is -2.36. The largest absolute Gasteiger partial charge is 0.381 e. The second-order valence-corrected chi connectivity index (χ2v) is 8.97. The number of hydrogen-bond acceptors (Lipinski definition) is 4. The number of ether oxygens (including phenoxy) is 2. The Bertz CT molecular complexity index is 589. The van der Waals surface area contributed by atoms with Gasteiger partial charge in [-0.1, -0.05) is 6.92 Å². The minimum absolute atomic E-state index is 0.00526. The van der Waals surface area contributed by atoms with Crippen LogP contribution in [0.1, 0.15) is 52.9 Å². The lowest BCUT2D eigenvalue weighted by molar-refractivity contribution is -0.141. The van der Waals surface area contributed by atoms with Crippen molar-refractivity contribution in [1.29, 1.82) is 0 Å². The molecule has 2 amide bonds. The summed E-state index contributed by atoms with van der Waals surface area (Å²) >= 11 is 0. The fourth-order valence-corrected chi connectivity index (χ4v) is 5.63. The number of hydrogen-bond donors (Lipinski definition) is 1. The summed E-state index contributed by atoms with van der Waals surface area (Å²) in [6.07, 6.45) is 5.00. The van der Waals surface area contributed by atoms with Crippen LogP contribution in [0.25, 0.3) is 0 Å². The molecule has 0 aromatic carbocycles. The Hall–Kier alpha value is -1.14. The molecule has 3 heterocycles. The van der Waals surface area contributed by atoms with Crippen molar-refractivity contribution < 1.29 is 19.1 Å². The van der Waals surface area contributed by atoms with Crippen molar-refractivity contribution in [3.8, 4) is 0 Å². The van der Waals surface area contributed by atoms with Crippen molar-refractivity contribution in [2.24, 2.45) is 23.2 Å². The Balaban J connectivity index is 1.33. The number of carbonyl (C=O) groups is 2. The third-order valence-corrected chi connectivity index (χ3v) is 7.64. The van der Waals surface area contributed by atoms with Gasteiger partial charge in [0.1, 0.15) is 0 Å². The molecule has 0 aromatic heterocycles. The van der Waals surface area contributed by atoms with E-state index in [0.29, 0.717) is 38.3 Å². The van der Waals surface area contributed by atoms with Crippen LogP contribution in [0.15, 0.2) is 0 Å². The number of nitrogens with zero attached hydrogens (tertiary/aromatic N) is 1. The summed E-state index contributed by atoms with van der Waals surface area (Å²) in [6.45, 7) is 8.63. The van der Waals surface area contributed by atoms with Crippen LogP contribution in [0.4, 0.5) is 0 Å². The first-order chi connectivity index (χ1) is 13.0. The Kier molecular flexibility index (Phi) is 5.23. The summed E-state index contributed by atoms with van der Waals surface area (Å²) in [6, 6.07) is -0.00526. The van der Waals surface area contributed by atoms with Crippen LogP contribution in [-0.2, 0) is 19.1 Å². The summed E-state index contributed by atoms with van der Waals surface area (Å²) in [5.74, 6) is 1.72. The van der Waals surface area contributed by atoms with Gasteiger partial charge in [0.2, 0.25) is 11.8 Å². The smallest absolute Gasteiger partial charge is 0.228 e. The first-order valence-electron chi connectivity index (χ1n) is 10.8. The number of fused-ring (bicyclic) bond motifs is 5. The highest BCUT2D eigenvalue weighted by atomic mass is 16.5. The van der Waals surface area contributed by atoms with E-state index in [0.717, 1.165) is 31.6 Å². The van der Waals surface area contributed by atoms with E-state index in [-0.39, 0.29) is 35.3 Å². The molecule has 27 heavy (non-hydrogen) atoms. The van der Waals surface area contributed by atoms with E-state index in [1.165, 1.54) is 6.42 Å². The monoisotopic (exact) mass is 378 g/mol. The summed E-state index contributed by atoms with van der Waals surface area (Å²) in [5, 5.41) is 3.14. The van der Waals surface area contributed by atoms with E-state index in [1.54, 1.807) is 0 Å². The highest BCUT2D eigenvalue weighted by Gasteiger charge is 2.64. The van der Waals surface area contributed by atoms with Crippen molar-refractivity contribution in [3.05, 3.63) is 0 Å². The molecule has 6 nitrogen and oxygen atoms in total. The maximum absolute atomic E-state index is 13.2. The van der Waals surface area contributed by atoms with Gasteiger partial charge in [-0.25, -0.2) is 0 Å². The zero-order valence-electron chi connectivity index (χ0n) is 16.9. The lowest BCUT2D eigenvalue weighted by atomic mass is 9.77. The van der Waals surface area contributed by atoms with Gasteiger partial charge < -0.3 is 19.7 Å². The van der Waals surface area contributed by atoms with Crippen molar-refractivity contribution in [2.45, 2.75) is 71.1 Å². The second kappa shape index (κ2) is 7.36. The van der Waals surface area contributed by atoms with Crippen molar-refractivity contribution >= 4 is 11.8 Å².